The number of likely N-dealkylation sites (N-methyl/N-ethyl adjacent to an activating group) is 1. The monoisotopic (exact) mass is 536 g/mol. The molecule has 0 unspecified atom stereocenters. The van der Waals surface area contributed by atoms with Gasteiger partial charge < -0.3 is 15.5 Å². The van der Waals surface area contributed by atoms with Crippen molar-refractivity contribution >= 4 is 51.4 Å². The molecular weight excluding hydrogens is 507 g/mol. The minimum absolute atomic E-state index is 0.0222. The summed E-state index contributed by atoms with van der Waals surface area (Å²) in [5.74, 6) is 5.86. The van der Waals surface area contributed by atoms with Crippen molar-refractivity contribution in [2.75, 3.05) is 43.9 Å². The average molecular weight is 537 g/mol. The van der Waals surface area contributed by atoms with Crippen molar-refractivity contribution in [2.45, 2.75) is 32.7 Å². The van der Waals surface area contributed by atoms with Crippen LogP contribution in [-0.4, -0.2) is 70.2 Å². The smallest absolute Gasteiger partial charge is 0.231 e. The van der Waals surface area contributed by atoms with Gasteiger partial charge in [0.25, 0.3) is 0 Å². The minimum atomic E-state index is -0.525. The van der Waals surface area contributed by atoms with Gasteiger partial charge in [0.1, 0.15) is 23.7 Å². The fourth-order valence-corrected chi connectivity index (χ4v) is 4.39. The largest absolute Gasteiger partial charge is 0.340 e. The number of anilines is 3. The number of hydrogen-bond acceptors (Lipinski definition) is 7. The Kier molecular flexibility index (Phi) is 8.26. The Labute approximate surface area is 226 Å². The second-order valence-electron chi connectivity index (χ2n) is 9.92. The van der Waals surface area contributed by atoms with E-state index in [-0.39, 0.29) is 17.2 Å². The number of piperazine rings is 1. The van der Waals surface area contributed by atoms with Crippen molar-refractivity contribution in [3.8, 4) is 11.8 Å². The number of hydrogen-bond donors (Lipinski definition) is 2. The van der Waals surface area contributed by atoms with Gasteiger partial charge in [0.05, 0.1) is 33.7 Å². The van der Waals surface area contributed by atoms with Crippen LogP contribution in [0.4, 0.5) is 21.6 Å². The first-order valence-corrected chi connectivity index (χ1v) is 12.7. The van der Waals surface area contributed by atoms with Crippen molar-refractivity contribution in [1.29, 1.82) is 0 Å². The molecule has 4 rings (SSSR count). The number of nitrogens with one attached hydrogen (secondary N) is 2. The molecule has 198 valence electrons. The Bertz CT molecular complexity index is 1440. The Morgan fingerprint density at radius 1 is 1.13 bits per heavy atom. The molecule has 10 heteroatoms. The summed E-state index contributed by atoms with van der Waals surface area (Å²) in [5.41, 5.74) is 1.77. The van der Waals surface area contributed by atoms with E-state index in [1.54, 1.807) is 18.2 Å². The molecule has 0 aliphatic carbocycles. The summed E-state index contributed by atoms with van der Waals surface area (Å²) < 4.78 is 13.6. The fraction of sp³-hybridized carbons (Fsp3) is 0.357. The van der Waals surface area contributed by atoms with Crippen LogP contribution < -0.4 is 10.6 Å². The van der Waals surface area contributed by atoms with Crippen LogP contribution in [0, 0.1) is 17.7 Å². The fourth-order valence-electron chi connectivity index (χ4n) is 4.21. The Balaban J connectivity index is 1.74. The van der Waals surface area contributed by atoms with Gasteiger partial charge in [0, 0.05) is 37.3 Å². The first kappa shape index (κ1) is 27.5. The molecule has 8 nitrogen and oxygen atoms in total. The van der Waals surface area contributed by atoms with E-state index in [2.05, 4.69) is 63.1 Å². The predicted molar refractivity (Wildman–Crippen MR) is 148 cm³/mol. The zero-order valence-corrected chi connectivity index (χ0v) is 22.6. The van der Waals surface area contributed by atoms with Gasteiger partial charge in [-0.05, 0) is 58.2 Å². The maximum absolute atomic E-state index is 13.6. The number of fused-ring (bicyclic) bond motifs is 1. The number of rotatable bonds is 6. The number of carbonyl (C=O) groups is 2. The lowest BCUT2D eigenvalue weighted by Crippen LogP contribution is -2.53. The van der Waals surface area contributed by atoms with Crippen LogP contribution in [-0.2, 0) is 9.59 Å². The molecule has 1 aliphatic heterocycles. The SMILES string of the molecule is CC(=O)CC(=O)Nc1cc2c(Nc3ccc(F)c(Cl)c3)ncnc2cc1C#CC(C)(C)N1CCN(C)CC1. The average Bonchev–Trinajstić information content (AvgIpc) is 2.85. The topological polar surface area (TPSA) is 90.5 Å². The van der Waals surface area contributed by atoms with Gasteiger partial charge in [0.15, 0.2) is 0 Å². The quantitative estimate of drug-likeness (QED) is 0.355. The Morgan fingerprint density at radius 2 is 1.87 bits per heavy atom. The molecule has 1 amide bonds. The van der Waals surface area contributed by atoms with Gasteiger partial charge in [-0.15, -0.1) is 0 Å². The van der Waals surface area contributed by atoms with E-state index in [1.165, 1.54) is 25.4 Å². The number of benzene rings is 2. The molecule has 0 bridgehead atoms. The van der Waals surface area contributed by atoms with Crippen LogP contribution in [0.1, 0.15) is 32.8 Å². The minimum Gasteiger partial charge on any atom is -0.340 e. The number of nitrogens with zero attached hydrogens (tertiary/aromatic N) is 4. The lowest BCUT2D eigenvalue weighted by atomic mass is 10.0. The number of carbonyl (C=O) groups excluding carboxylic acids is 2. The van der Waals surface area contributed by atoms with Crippen LogP contribution in [0.25, 0.3) is 10.9 Å². The molecule has 2 N–H and O–H groups in total. The molecule has 0 saturated carbocycles. The molecule has 0 atom stereocenters. The van der Waals surface area contributed by atoms with Crippen LogP contribution in [0.15, 0.2) is 36.7 Å². The van der Waals surface area contributed by atoms with Crippen molar-refractivity contribution in [2.24, 2.45) is 0 Å². The maximum atomic E-state index is 13.6. The second-order valence-corrected chi connectivity index (χ2v) is 10.3. The van der Waals surface area contributed by atoms with Crippen LogP contribution >= 0.6 is 11.6 Å². The summed E-state index contributed by atoms with van der Waals surface area (Å²) in [6.45, 7) is 9.29. The lowest BCUT2D eigenvalue weighted by molar-refractivity contribution is -0.124. The van der Waals surface area contributed by atoms with Crippen molar-refractivity contribution in [3.63, 3.8) is 0 Å². The van der Waals surface area contributed by atoms with Crippen molar-refractivity contribution in [3.05, 3.63) is 53.1 Å². The molecule has 1 fully saturated rings. The lowest BCUT2D eigenvalue weighted by Gasteiger charge is -2.40. The van der Waals surface area contributed by atoms with Crippen molar-refractivity contribution < 1.29 is 14.0 Å². The summed E-state index contributed by atoms with van der Waals surface area (Å²) >= 11 is 5.93. The molecule has 2 aromatic carbocycles. The molecule has 3 aromatic rings. The Morgan fingerprint density at radius 3 is 2.55 bits per heavy atom. The van der Waals surface area contributed by atoms with Gasteiger partial charge in [-0.3, -0.25) is 14.5 Å². The van der Waals surface area contributed by atoms with Crippen molar-refractivity contribution in [1.82, 2.24) is 19.8 Å². The van der Waals surface area contributed by atoms with E-state index in [4.69, 9.17) is 11.6 Å². The summed E-state index contributed by atoms with van der Waals surface area (Å²) in [7, 11) is 2.11. The highest BCUT2D eigenvalue weighted by Crippen LogP contribution is 2.30. The molecule has 0 radical (unpaired) electrons. The highest BCUT2D eigenvalue weighted by molar-refractivity contribution is 6.31. The number of Topliss-reactive ketones (excluding diaryl/α,β-unsaturated/α-hetero) is 1. The number of amides is 1. The van der Waals surface area contributed by atoms with Gasteiger partial charge in [-0.2, -0.15) is 0 Å². The second kappa shape index (κ2) is 11.4. The number of halogens is 2. The zero-order valence-electron chi connectivity index (χ0n) is 21.9. The first-order chi connectivity index (χ1) is 18.0. The van der Waals surface area contributed by atoms with Crippen LogP contribution in [0.2, 0.25) is 5.02 Å². The van der Waals surface area contributed by atoms with E-state index in [1.807, 2.05) is 0 Å². The molecule has 1 aliphatic rings. The standard InChI is InChI=1S/C28H30ClFN6O2/c1-18(37)13-26(38)34-24-16-21-25(31-17-32-27(21)33-20-5-6-23(30)22(29)15-20)14-19(24)7-8-28(2,3)36-11-9-35(4)10-12-36/h5-6,14-17H,9-13H2,1-4H3,(H,34,38)(H,31,32,33). The van der Waals surface area contributed by atoms with Gasteiger partial charge >= 0.3 is 0 Å². The summed E-state index contributed by atoms with van der Waals surface area (Å²) in [5, 5.41) is 6.55. The summed E-state index contributed by atoms with van der Waals surface area (Å²) in [6.07, 6.45) is 1.16. The highest BCUT2D eigenvalue weighted by atomic mass is 35.5. The normalized spacial score (nSPS) is 14.6. The van der Waals surface area contributed by atoms with Gasteiger partial charge in [-0.1, -0.05) is 23.4 Å². The highest BCUT2D eigenvalue weighted by Gasteiger charge is 2.27. The van der Waals surface area contributed by atoms with Crippen LogP contribution in [0.3, 0.4) is 0 Å². The molecule has 1 saturated heterocycles. The third kappa shape index (κ3) is 6.64. The third-order valence-electron chi connectivity index (χ3n) is 6.44. The van der Waals surface area contributed by atoms with Gasteiger partial charge in [0.2, 0.25) is 5.91 Å². The number of ketones is 1. The van der Waals surface area contributed by atoms with E-state index in [0.717, 1.165) is 26.2 Å². The first-order valence-electron chi connectivity index (χ1n) is 12.3. The van der Waals surface area contributed by atoms with E-state index in [9.17, 15) is 14.0 Å². The van der Waals surface area contributed by atoms with Gasteiger partial charge in [-0.25, -0.2) is 14.4 Å². The zero-order chi connectivity index (χ0) is 27.4. The summed E-state index contributed by atoms with van der Waals surface area (Å²) in [4.78, 5) is 37.4. The Hall–Kier alpha value is -3.58. The molecule has 1 aromatic heterocycles. The third-order valence-corrected chi connectivity index (χ3v) is 6.73. The molecule has 38 heavy (non-hydrogen) atoms. The number of aromatic nitrogens is 2. The van der Waals surface area contributed by atoms with Crippen LogP contribution in [0.5, 0.6) is 0 Å². The molecular formula is C28H30ClFN6O2. The maximum Gasteiger partial charge on any atom is 0.231 e. The van der Waals surface area contributed by atoms with E-state index in [0.29, 0.717) is 33.7 Å². The van der Waals surface area contributed by atoms with E-state index >= 15 is 0 Å². The molecule has 0 spiro atoms. The predicted octanol–water partition coefficient (Wildman–Crippen LogP) is 4.46. The molecule has 2 heterocycles. The van der Waals surface area contributed by atoms with E-state index < -0.39 is 17.3 Å². The summed E-state index contributed by atoms with van der Waals surface area (Å²) in [6, 6.07) is 7.78.